The number of methoxy groups -OCH3 is 1. The Balaban J connectivity index is 1.08. The second kappa shape index (κ2) is 20.1. The summed E-state index contributed by atoms with van der Waals surface area (Å²) >= 11 is 6.48. The lowest BCUT2D eigenvalue weighted by Gasteiger charge is -2.42. The highest BCUT2D eigenvalue weighted by Crippen LogP contribution is 2.36. The third kappa shape index (κ3) is 11.5. The first-order valence-corrected chi connectivity index (χ1v) is 19.2. The Hall–Kier alpha value is -3.93. The molecule has 1 aromatic carbocycles. The van der Waals surface area contributed by atoms with E-state index >= 15 is 0 Å². The van der Waals surface area contributed by atoms with Crippen molar-refractivity contribution in [2.45, 2.75) is 89.8 Å². The van der Waals surface area contributed by atoms with Gasteiger partial charge in [-0.2, -0.15) is 0 Å². The first-order chi connectivity index (χ1) is 26.3. The van der Waals surface area contributed by atoms with Crippen molar-refractivity contribution >= 4 is 23.2 Å². The lowest BCUT2D eigenvalue weighted by molar-refractivity contribution is -0.0852. The Morgan fingerprint density at radius 1 is 0.926 bits per heavy atom. The first kappa shape index (κ1) is 39.8. The topological polar surface area (TPSA) is 158 Å². The molecule has 2 aliphatic rings. The summed E-state index contributed by atoms with van der Waals surface area (Å²) in [7, 11) is 1.66. The standard InChI is InChI=1S/C37H53ClN10O6/c1-26-21-46(22-27(2)53-26)31-7-9-32(10-8-31)48-24-34(36(43-48)52-13-5-12-50-16-17-51-15-14-49-4)42-37-39-19-30(20-40-37)29-6-11-33(38)35(18-29)54-28(3)23-47-25-41-44-45-47/h6,11,18-20,24-28,31-32H,5,7-10,12-17,21-23H2,1-4H3,(H,39,40,42)/t26-,27+,28?,31?,32?. The molecule has 0 spiro atoms. The molecule has 1 N–H and O–H groups in total. The SMILES string of the molecule is COCCOCCOCCCOc1nn(C2CCC(N3C[C@@H](C)O[C@@H](C)C3)CC2)cc1Nc1ncc(-c2ccc(Cl)c(OC(C)Cn3cnnn3)c2)cn1. The average molecular weight is 769 g/mol. The van der Waals surface area contributed by atoms with Crippen LogP contribution in [-0.4, -0.2) is 129 Å². The average Bonchev–Trinajstić information content (AvgIpc) is 3.83. The number of hydrogen-bond donors (Lipinski definition) is 1. The van der Waals surface area contributed by atoms with E-state index in [1.54, 1.807) is 36.6 Å². The number of hydrogen-bond acceptors (Lipinski definition) is 14. The van der Waals surface area contributed by atoms with Crippen LogP contribution in [0.2, 0.25) is 5.02 Å². The van der Waals surface area contributed by atoms with E-state index in [1.165, 1.54) is 0 Å². The molecular weight excluding hydrogens is 716 g/mol. The molecule has 294 valence electrons. The van der Waals surface area contributed by atoms with E-state index < -0.39 is 0 Å². The van der Waals surface area contributed by atoms with Crippen molar-refractivity contribution in [3.05, 3.63) is 48.1 Å². The van der Waals surface area contributed by atoms with Gasteiger partial charge < -0.3 is 33.7 Å². The molecule has 6 rings (SSSR count). The highest BCUT2D eigenvalue weighted by molar-refractivity contribution is 6.32. The van der Waals surface area contributed by atoms with E-state index in [-0.39, 0.29) is 24.4 Å². The minimum Gasteiger partial charge on any atom is -0.487 e. The summed E-state index contributed by atoms with van der Waals surface area (Å²) in [5.41, 5.74) is 2.40. The fourth-order valence-electron chi connectivity index (χ4n) is 6.97. The van der Waals surface area contributed by atoms with Crippen molar-refractivity contribution in [3.8, 4) is 22.8 Å². The van der Waals surface area contributed by atoms with Crippen molar-refractivity contribution in [2.75, 3.05) is 65.2 Å². The van der Waals surface area contributed by atoms with Gasteiger partial charge in [0.25, 0.3) is 5.88 Å². The van der Waals surface area contributed by atoms with Crippen LogP contribution in [0.25, 0.3) is 11.1 Å². The second-order valence-corrected chi connectivity index (χ2v) is 14.4. The first-order valence-electron chi connectivity index (χ1n) is 18.9. The quantitative estimate of drug-likeness (QED) is 0.117. The van der Waals surface area contributed by atoms with Crippen LogP contribution in [0.5, 0.6) is 11.6 Å². The van der Waals surface area contributed by atoms with Crippen LogP contribution in [0.1, 0.15) is 58.9 Å². The van der Waals surface area contributed by atoms with E-state index in [4.69, 9.17) is 45.1 Å². The molecule has 1 aliphatic heterocycles. The number of nitrogens with zero attached hydrogens (tertiary/aromatic N) is 9. The van der Waals surface area contributed by atoms with E-state index in [0.29, 0.717) is 86.9 Å². The molecule has 0 radical (unpaired) electrons. The van der Waals surface area contributed by atoms with Crippen LogP contribution in [0.3, 0.4) is 0 Å². The largest absolute Gasteiger partial charge is 0.487 e. The number of rotatable bonds is 20. The van der Waals surface area contributed by atoms with Crippen LogP contribution >= 0.6 is 11.6 Å². The van der Waals surface area contributed by atoms with Gasteiger partial charge in [-0.1, -0.05) is 17.7 Å². The summed E-state index contributed by atoms with van der Waals surface area (Å²) in [6, 6.07) is 6.44. The van der Waals surface area contributed by atoms with E-state index in [0.717, 1.165) is 49.9 Å². The molecule has 3 aromatic heterocycles. The van der Waals surface area contributed by atoms with E-state index in [9.17, 15) is 0 Å². The number of benzene rings is 1. The van der Waals surface area contributed by atoms with Gasteiger partial charge in [0.05, 0.1) is 69.0 Å². The van der Waals surface area contributed by atoms with Gasteiger partial charge in [0.1, 0.15) is 23.9 Å². The number of ether oxygens (including phenoxy) is 6. The van der Waals surface area contributed by atoms with Crippen LogP contribution in [-0.2, 0) is 25.5 Å². The Labute approximate surface area is 321 Å². The summed E-state index contributed by atoms with van der Waals surface area (Å²) < 4.78 is 38.2. The Bertz CT molecular complexity index is 1680. The van der Waals surface area contributed by atoms with Gasteiger partial charge in [-0.3, -0.25) is 9.58 Å². The zero-order valence-electron chi connectivity index (χ0n) is 31.7. The molecule has 2 fully saturated rings. The van der Waals surface area contributed by atoms with Crippen molar-refractivity contribution in [1.82, 2.24) is 44.9 Å². The third-order valence-corrected chi connectivity index (χ3v) is 9.82. The normalized spacial score (nSPS) is 21.2. The lowest BCUT2D eigenvalue weighted by Crippen LogP contribution is -2.51. The fraction of sp³-hybridized carbons (Fsp3) is 0.622. The summed E-state index contributed by atoms with van der Waals surface area (Å²) in [4.78, 5) is 11.9. The second-order valence-electron chi connectivity index (χ2n) is 13.9. The molecular formula is C37H53ClN10O6. The number of tetrazole rings is 1. The molecule has 17 heteroatoms. The Morgan fingerprint density at radius 2 is 1.65 bits per heavy atom. The molecule has 1 saturated heterocycles. The highest BCUT2D eigenvalue weighted by Gasteiger charge is 2.32. The van der Waals surface area contributed by atoms with E-state index in [1.807, 2.05) is 25.3 Å². The van der Waals surface area contributed by atoms with Crippen LogP contribution in [0.4, 0.5) is 11.6 Å². The number of aromatic nitrogens is 8. The third-order valence-electron chi connectivity index (χ3n) is 9.50. The number of nitrogens with one attached hydrogen (secondary N) is 1. The zero-order chi connectivity index (χ0) is 37.7. The fourth-order valence-corrected chi connectivity index (χ4v) is 7.13. The number of anilines is 2. The summed E-state index contributed by atoms with van der Waals surface area (Å²) in [6.45, 7) is 11.9. The summed E-state index contributed by atoms with van der Waals surface area (Å²) in [6.07, 6.45) is 12.4. The Kier molecular flexibility index (Phi) is 14.8. The minimum absolute atomic E-state index is 0.216. The predicted octanol–water partition coefficient (Wildman–Crippen LogP) is 5.23. The van der Waals surface area contributed by atoms with Crippen LogP contribution < -0.4 is 14.8 Å². The lowest BCUT2D eigenvalue weighted by atomic mass is 9.89. The molecule has 4 aromatic rings. The summed E-state index contributed by atoms with van der Waals surface area (Å²) in [5.74, 6) is 1.49. The molecule has 1 unspecified atom stereocenters. The van der Waals surface area contributed by atoms with Crippen molar-refractivity contribution < 1.29 is 28.4 Å². The van der Waals surface area contributed by atoms with Gasteiger partial charge in [-0.25, -0.2) is 14.6 Å². The van der Waals surface area contributed by atoms with Gasteiger partial charge in [-0.05, 0) is 74.6 Å². The Morgan fingerprint density at radius 3 is 2.37 bits per heavy atom. The maximum Gasteiger partial charge on any atom is 0.256 e. The molecule has 1 aliphatic carbocycles. The van der Waals surface area contributed by atoms with Crippen molar-refractivity contribution in [2.24, 2.45) is 0 Å². The molecule has 16 nitrogen and oxygen atoms in total. The van der Waals surface area contributed by atoms with Gasteiger partial charge >= 0.3 is 0 Å². The number of halogens is 1. The molecule has 1 saturated carbocycles. The minimum atomic E-state index is -0.216. The highest BCUT2D eigenvalue weighted by atomic mass is 35.5. The van der Waals surface area contributed by atoms with Gasteiger partial charge in [0.2, 0.25) is 5.95 Å². The summed E-state index contributed by atoms with van der Waals surface area (Å²) in [5, 5.41) is 20.0. The van der Waals surface area contributed by atoms with Gasteiger partial charge in [0.15, 0.2) is 0 Å². The zero-order valence-corrected chi connectivity index (χ0v) is 32.4. The van der Waals surface area contributed by atoms with Crippen LogP contribution in [0, 0.1) is 0 Å². The molecule has 0 amide bonds. The van der Waals surface area contributed by atoms with Crippen LogP contribution in [0.15, 0.2) is 43.1 Å². The van der Waals surface area contributed by atoms with Gasteiger partial charge in [-0.15, -0.1) is 10.2 Å². The monoisotopic (exact) mass is 768 g/mol. The molecule has 4 heterocycles. The smallest absolute Gasteiger partial charge is 0.256 e. The number of morpholine rings is 1. The molecule has 0 bridgehead atoms. The van der Waals surface area contributed by atoms with Crippen molar-refractivity contribution in [1.29, 1.82) is 0 Å². The predicted molar refractivity (Wildman–Crippen MR) is 202 cm³/mol. The van der Waals surface area contributed by atoms with E-state index in [2.05, 4.69) is 54.2 Å². The molecule has 54 heavy (non-hydrogen) atoms. The molecule has 3 atom stereocenters. The maximum atomic E-state index is 6.48. The van der Waals surface area contributed by atoms with Gasteiger partial charge in [0, 0.05) is 57.2 Å². The van der Waals surface area contributed by atoms with Crippen molar-refractivity contribution in [3.63, 3.8) is 0 Å². The maximum absolute atomic E-state index is 6.48.